The number of hydrogen-bond acceptors (Lipinski definition) is 3. The Bertz CT molecular complexity index is 175. The van der Waals surface area contributed by atoms with Crippen molar-refractivity contribution in [1.29, 1.82) is 0 Å². The third kappa shape index (κ3) is 4.81. The Morgan fingerprint density at radius 1 is 1.31 bits per heavy atom. The topological polar surface area (TPSA) is 24.5 Å². The highest BCUT2D eigenvalue weighted by atomic mass is 16.5. The maximum absolute atomic E-state index is 5.60. The Balaban J connectivity index is 2.33. The first-order valence-electron chi connectivity index (χ1n) is 6.77. The van der Waals surface area contributed by atoms with E-state index in [0.29, 0.717) is 12.0 Å². The molecule has 3 heteroatoms. The standard InChI is InChI=1S/C13H28N2O/c1-4-7-14-13-6-9-16-11-12(13)10-15(3)8-5-2/h12-14H,4-11H2,1-3H3. The van der Waals surface area contributed by atoms with Crippen molar-refractivity contribution in [3.05, 3.63) is 0 Å². The summed E-state index contributed by atoms with van der Waals surface area (Å²) in [7, 11) is 2.22. The van der Waals surface area contributed by atoms with Crippen LogP contribution in [-0.2, 0) is 4.74 Å². The molecule has 1 aliphatic heterocycles. The lowest BCUT2D eigenvalue weighted by molar-refractivity contribution is 0.0198. The Morgan fingerprint density at radius 2 is 2.12 bits per heavy atom. The highest BCUT2D eigenvalue weighted by Crippen LogP contribution is 2.16. The summed E-state index contributed by atoms with van der Waals surface area (Å²) >= 11 is 0. The number of rotatable bonds is 7. The summed E-state index contributed by atoms with van der Waals surface area (Å²) in [6, 6.07) is 0.660. The van der Waals surface area contributed by atoms with Crippen LogP contribution in [0.2, 0.25) is 0 Å². The van der Waals surface area contributed by atoms with Crippen LogP contribution in [0.3, 0.4) is 0 Å². The predicted molar refractivity (Wildman–Crippen MR) is 68.8 cm³/mol. The van der Waals surface area contributed by atoms with Crippen LogP contribution >= 0.6 is 0 Å². The SMILES string of the molecule is CCCNC1CCOCC1CN(C)CCC. The van der Waals surface area contributed by atoms with E-state index in [4.69, 9.17) is 4.74 Å². The first-order chi connectivity index (χ1) is 7.77. The predicted octanol–water partition coefficient (Wildman–Crippen LogP) is 1.73. The molecule has 0 aromatic heterocycles. The van der Waals surface area contributed by atoms with Crippen LogP contribution < -0.4 is 5.32 Å². The molecule has 0 saturated carbocycles. The lowest BCUT2D eigenvalue weighted by Crippen LogP contribution is -2.47. The van der Waals surface area contributed by atoms with Gasteiger partial charge in [-0.3, -0.25) is 0 Å². The monoisotopic (exact) mass is 228 g/mol. The van der Waals surface area contributed by atoms with Crippen LogP contribution in [0, 0.1) is 5.92 Å². The minimum atomic E-state index is 0.660. The summed E-state index contributed by atoms with van der Waals surface area (Å²) in [5, 5.41) is 3.66. The maximum Gasteiger partial charge on any atom is 0.0521 e. The fourth-order valence-corrected chi connectivity index (χ4v) is 2.45. The summed E-state index contributed by atoms with van der Waals surface area (Å²) in [6.45, 7) is 9.81. The van der Waals surface area contributed by atoms with Crippen molar-refractivity contribution in [2.45, 2.75) is 39.2 Å². The minimum Gasteiger partial charge on any atom is -0.381 e. The molecule has 1 aliphatic rings. The van der Waals surface area contributed by atoms with Gasteiger partial charge in [0.15, 0.2) is 0 Å². The van der Waals surface area contributed by atoms with Gasteiger partial charge in [0.25, 0.3) is 0 Å². The molecule has 16 heavy (non-hydrogen) atoms. The average Bonchev–Trinajstić information content (AvgIpc) is 2.28. The second-order valence-corrected chi connectivity index (χ2v) is 4.95. The van der Waals surface area contributed by atoms with Crippen LogP contribution in [0.25, 0.3) is 0 Å². The lowest BCUT2D eigenvalue weighted by Gasteiger charge is -2.34. The van der Waals surface area contributed by atoms with Gasteiger partial charge in [0.2, 0.25) is 0 Å². The third-order valence-electron chi connectivity index (χ3n) is 3.28. The van der Waals surface area contributed by atoms with Gasteiger partial charge in [0.1, 0.15) is 0 Å². The normalized spacial score (nSPS) is 26.2. The first-order valence-corrected chi connectivity index (χ1v) is 6.77. The van der Waals surface area contributed by atoms with Gasteiger partial charge in [-0.2, -0.15) is 0 Å². The van der Waals surface area contributed by atoms with E-state index < -0.39 is 0 Å². The molecule has 3 nitrogen and oxygen atoms in total. The number of nitrogens with one attached hydrogen (secondary N) is 1. The van der Waals surface area contributed by atoms with E-state index in [1.165, 1.54) is 25.8 Å². The average molecular weight is 228 g/mol. The Hall–Kier alpha value is -0.120. The zero-order valence-electron chi connectivity index (χ0n) is 11.2. The van der Waals surface area contributed by atoms with E-state index in [9.17, 15) is 0 Å². The van der Waals surface area contributed by atoms with Crippen molar-refractivity contribution < 1.29 is 4.74 Å². The van der Waals surface area contributed by atoms with Gasteiger partial charge in [-0.05, 0) is 39.4 Å². The summed E-state index contributed by atoms with van der Waals surface area (Å²) in [6.07, 6.45) is 3.62. The molecule has 0 spiro atoms. The first kappa shape index (κ1) is 13.9. The quantitative estimate of drug-likeness (QED) is 0.718. The molecule has 0 bridgehead atoms. The summed E-state index contributed by atoms with van der Waals surface area (Å²) in [4.78, 5) is 2.43. The van der Waals surface area contributed by atoms with Gasteiger partial charge in [-0.25, -0.2) is 0 Å². The molecule has 1 N–H and O–H groups in total. The zero-order chi connectivity index (χ0) is 11.8. The second-order valence-electron chi connectivity index (χ2n) is 4.95. The molecule has 0 aromatic carbocycles. The number of hydrogen-bond donors (Lipinski definition) is 1. The minimum absolute atomic E-state index is 0.660. The molecule has 96 valence electrons. The molecule has 1 fully saturated rings. The highest BCUT2D eigenvalue weighted by molar-refractivity contribution is 4.81. The van der Waals surface area contributed by atoms with Gasteiger partial charge < -0.3 is 15.0 Å². The highest BCUT2D eigenvalue weighted by Gasteiger charge is 2.25. The van der Waals surface area contributed by atoms with Crippen molar-refractivity contribution in [3.63, 3.8) is 0 Å². The van der Waals surface area contributed by atoms with Crippen LogP contribution in [0.4, 0.5) is 0 Å². The van der Waals surface area contributed by atoms with Gasteiger partial charge >= 0.3 is 0 Å². The van der Waals surface area contributed by atoms with E-state index in [1.807, 2.05) is 0 Å². The van der Waals surface area contributed by atoms with E-state index in [0.717, 1.165) is 26.3 Å². The fourth-order valence-electron chi connectivity index (χ4n) is 2.45. The van der Waals surface area contributed by atoms with Crippen molar-refractivity contribution in [2.75, 3.05) is 39.9 Å². The van der Waals surface area contributed by atoms with Gasteiger partial charge in [0.05, 0.1) is 6.61 Å². The van der Waals surface area contributed by atoms with Gasteiger partial charge in [-0.15, -0.1) is 0 Å². The van der Waals surface area contributed by atoms with Crippen molar-refractivity contribution in [2.24, 2.45) is 5.92 Å². The molecular formula is C13H28N2O. The number of nitrogens with zero attached hydrogens (tertiary/aromatic N) is 1. The molecular weight excluding hydrogens is 200 g/mol. The lowest BCUT2D eigenvalue weighted by atomic mass is 9.95. The molecule has 1 rings (SSSR count). The molecule has 0 aromatic rings. The van der Waals surface area contributed by atoms with Crippen molar-refractivity contribution in [3.8, 4) is 0 Å². The second kappa shape index (κ2) is 8.04. The summed E-state index contributed by atoms with van der Waals surface area (Å²) in [5.41, 5.74) is 0. The largest absolute Gasteiger partial charge is 0.381 e. The molecule has 1 heterocycles. The van der Waals surface area contributed by atoms with E-state index >= 15 is 0 Å². The van der Waals surface area contributed by atoms with Crippen LogP contribution in [0.15, 0.2) is 0 Å². The van der Waals surface area contributed by atoms with E-state index in [1.54, 1.807) is 0 Å². The maximum atomic E-state index is 5.60. The molecule has 0 aliphatic carbocycles. The Labute approximate surface area is 101 Å². The van der Waals surface area contributed by atoms with Crippen LogP contribution in [-0.4, -0.2) is 50.8 Å². The van der Waals surface area contributed by atoms with E-state index in [-0.39, 0.29) is 0 Å². The molecule has 2 unspecified atom stereocenters. The zero-order valence-corrected chi connectivity index (χ0v) is 11.2. The smallest absolute Gasteiger partial charge is 0.0521 e. The summed E-state index contributed by atoms with van der Waals surface area (Å²) < 4.78 is 5.60. The molecule has 0 amide bonds. The summed E-state index contributed by atoms with van der Waals surface area (Å²) in [5.74, 6) is 0.664. The van der Waals surface area contributed by atoms with Gasteiger partial charge in [-0.1, -0.05) is 13.8 Å². The molecule has 2 atom stereocenters. The Morgan fingerprint density at radius 3 is 2.81 bits per heavy atom. The van der Waals surface area contributed by atoms with Crippen LogP contribution in [0.5, 0.6) is 0 Å². The number of ether oxygens (including phenoxy) is 1. The fraction of sp³-hybridized carbons (Fsp3) is 1.00. The van der Waals surface area contributed by atoms with Crippen molar-refractivity contribution >= 4 is 0 Å². The van der Waals surface area contributed by atoms with Crippen molar-refractivity contribution in [1.82, 2.24) is 10.2 Å². The van der Waals surface area contributed by atoms with Crippen LogP contribution in [0.1, 0.15) is 33.1 Å². The van der Waals surface area contributed by atoms with Gasteiger partial charge in [0, 0.05) is 25.1 Å². The Kier molecular flexibility index (Phi) is 7.01. The van der Waals surface area contributed by atoms with E-state index in [2.05, 4.69) is 31.1 Å². The third-order valence-corrected chi connectivity index (χ3v) is 3.28. The molecule has 0 radical (unpaired) electrons. The molecule has 1 saturated heterocycles.